The number of amides is 2. The van der Waals surface area contributed by atoms with Crippen LogP contribution in [0.4, 0.5) is 0 Å². The minimum Gasteiger partial charge on any atom is -0.352 e. The maximum atomic E-state index is 12.9. The van der Waals surface area contributed by atoms with Gasteiger partial charge in [-0.15, -0.1) is 0 Å². The number of carbonyl (C=O) groups is 2. The van der Waals surface area contributed by atoms with Gasteiger partial charge >= 0.3 is 0 Å². The van der Waals surface area contributed by atoms with Crippen molar-refractivity contribution >= 4 is 11.8 Å². The molecule has 0 heterocycles. The Morgan fingerprint density at radius 1 is 0.917 bits per heavy atom. The highest BCUT2D eigenvalue weighted by molar-refractivity contribution is 5.94. The summed E-state index contributed by atoms with van der Waals surface area (Å²) in [5.41, 5.74) is 5.75. The molecule has 2 aliphatic rings. The molecule has 3 N–H and O–H groups in total. The molecule has 130 valence electrons. The van der Waals surface area contributed by atoms with Gasteiger partial charge in [0.25, 0.3) is 5.91 Å². The Hall–Kier alpha value is -1.88. The Morgan fingerprint density at radius 3 is 2.25 bits per heavy atom. The largest absolute Gasteiger partial charge is 0.352 e. The van der Waals surface area contributed by atoms with Gasteiger partial charge in [0.15, 0.2) is 0 Å². The van der Waals surface area contributed by atoms with E-state index in [0.717, 1.165) is 38.5 Å². The molecule has 3 rings (SSSR count). The molecule has 0 spiro atoms. The number of nitrogens with one attached hydrogen (secondary N) is 3. The van der Waals surface area contributed by atoms with Crippen LogP contribution >= 0.6 is 0 Å². The summed E-state index contributed by atoms with van der Waals surface area (Å²) in [7, 11) is 0. The van der Waals surface area contributed by atoms with Crippen LogP contribution in [0.2, 0.25) is 0 Å². The summed E-state index contributed by atoms with van der Waals surface area (Å²) in [4.78, 5) is 25.1. The molecule has 2 saturated carbocycles. The van der Waals surface area contributed by atoms with E-state index in [0.29, 0.717) is 5.56 Å². The van der Waals surface area contributed by atoms with E-state index in [9.17, 15) is 9.59 Å². The molecule has 2 aliphatic carbocycles. The minimum atomic E-state index is -0.665. The second kappa shape index (κ2) is 7.79. The molecule has 0 radical (unpaired) electrons. The first-order valence-corrected chi connectivity index (χ1v) is 9.13. The molecule has 2 fully saturated rings. The summed E-state index contributed by atoms with van der Waals surface area (Å²) < 4.78 is 0. The fraction of sp³-hybridized carbons (Fsp3) is 0.579. The number of rotatable bonds is 5. The van der Waals surface area contributed by atoms with Gasteiger partial charge in [-0.25, -0.2) is 5.43 Å². The normalized spacial score (nSPS) is 20.5. The van der Waals surface area contributed by atoms with E-state index in [1.54, 1.807) is 12.1 Å². The van der Waals surface area contributed by atoms with E-state index in [1.807, 2.05) is 18.2 Å². The zero-order chi connectivity index (χ0) is 16.8. The fourth-order valence-corrected chi connectivity index (χ4v) is 3.80. The molecule has 1 aromatic carbocycles. The van der Waals surface area contributed by atoms with Gasteiger partial charge in [0.1, 0.15) is 5.54 Å². The lowest BCUT2D eigenvalue weighted by atomic mass is 9.92. The lowest BCUT2D eigenvalue weighted by Gasteiger charge is -2.32. The molecule has 1 aromatic rings. The van der Waals surface area contributed by atoms with E-state index in [-0.39, 0.29) is 17.9 Å². The van der Waals surface area contributed by atoms with Crippen LogP contribution in [0.1, 0.15) is 68.1 Å². The molecule has 5 heteroatoms. The molecule has 2 amide bonds. The van der Waals surface area contributed by atoms with Gasteiger partial charge in [-0.1, -0.05) is 50.3 Å². The Bertz CT molecular complexity index is 561. The SMILES string of the molecule is O=C(NNC1(C(=O)NC2CCCCC2)CCCC1)c1ccccc1. The summed E-state index contributed by atoms with van der Waals surface area (Å²) >= 11 is 0. The molecule has 5 nitrogen and oxygen atoms in total. The third kappa shape index (κ3) is 3.96. The molecular weight excluding hydrogens is 302 g/mol. The van der Waals surface area contributed by atoms with Crippen LogP contribution in [0.25, 0.3) is 0 Å². The van der Waals surface area contributed by atoms with Gasteiger partial charge in [0.2, 0.25) is 5.91 Å². The zero-order valence-corrected chi connectivity index (χ0v) is 14.1. The smallest absolute Gasteiger partial charge is 0.265 e. The Labute approximate surface area is 143 Å². The molecule has 0 aromatic heterocycles. The third-order valence-electron chi connectivity index (χ3n) is 5.28. The third-order valence-corrected chi connectivity index (χ3v) is 5.28. The summed E-state index contributed by atoms with van der Waals surface area (Å²) in [5, 5.41) is 3.21. The second-order valence-electron chi connectivity index (χ2n) is 7.04. The molecule has 0 unspecified atom stereocenters. The molecule has 0 bridgehead atoms. The van der Waals surface area contributed by atoms with Crippen molar-refractivity contribution in [3.63, 3.8) is 0 Å². The number of hydrogen-bond acceptors (Lipinski definition) is 3. The van der Waals surface area contributed by atoms with Gasteiger partial charge in [0, 0.05) is 11.6 Å². The van der Waals surface area contributed by atoms with Crippen LogP contribution in [-0.2, 0) is 4.79 Å². The maximum Gasteiger partial charge on any atom is 0.265 e. The van der Waals surface area contributed by atoms with Gasteiger partial charge in [-0.3, -0.25) is 15.0 Å². The van der Waals surface area contributed by atoms with E-state index in [4.69, 9.17) is 0 Å². The van der Waals surface area contributed by atoms with E-state index in [1.165, 1.54) is 19.3 Å². The van der Waals surface area contributed by atoms with Crippen molar-refractivity contribution in [1.29, 1.82) is 0 Å². The summed E-state index contributed by atoms with van der Waals surface area (Å²) in [6.45, 7) is 0. The van der Waals surface area contributed by atoms with Gasteiger partial charge in [0.05, 0.1) is 0 Å². The Kier molecular flexibility index (Phi) is 5.51. The van der Waals surface area contributed by atoms with Crippen LogP contribution in [0.15, 0.2) is 30.3 Å². The van der Waals surface area contributed by atoms with Crippen LogP contribution in [0.3, 0.4) is 0 Å². The van der Waals surface area contributed by atoms with E-state index >= 15 is 0 Å². The monoisotopic (exact) mass is 329 g/mol. The first-order valence-electron chi connectivity index (χ1n) is 9.13. The number of carbonyl (C=O) groups excluding carboxylic acids is 2. The first kappa shape index (κ1) is 17.0. The van der Waals surface area contributed by atoms with Crippen LogP contribution in [-0.4, -0.2) is 23.4 Å². The molecule has 0 atom stereocenters. The van der Waals surface area contributed by atoms with Crippen molar-refractivity contribution in [3.05, 3.63) is 35.9 Å². The predicted molar refractivity (Wildman–Crippen MR) is 93.3 cm³/mol. The van der Waals surface area contributed by atoms with E-state index in [2.05, 4.69) is 16.2 Å². The first-order chi connectivity index (χ1) is 11.7. The standard InChI is InChI=1S/C19H27N3O2/c23-17(15-9-3-1-4-10-15)21-22-19(13-7-8-14-19)18(24)20-16-11-5-2-6-12-16/h1,3-4,9-10,16,22H,2,5-8,11-14H2,(H,20,24)(H,21,23). The zero-order valence-electron chi connectivity index (χ0n) is 14.1. The lowest BCUT2D eigenvalue weighted by molar-refractivity contribution is -0.128. The van der Waals surface area contributed by atoms with Crippen molar-refractivity contribution in [1.82, 2.24) is 16.2 Å². The van der Waals surface area contributed by atoms with E-state index < -0.39 is 5.54 Å². The van der Waals surface area contributed by atoms with Crippen molar-refractivity contribution < 1.29 is 9.59 Å². The van der Waals surface area contributed by atoms with Crippen LogP contribution in [0, 0.1) is 0 Å². The fourth-order valence-electron chi connectivity index (χ4n) is 3.80. The minimum absolute atomic E-state index is 0.0419. The van der Waals surface area contributed by atoms with Crippen molar-refractivity contribution in [2.24, 2.45) is 0 Å². The lowest BCUT2D eigenvalue weighted by Crippen LogP contribution is -2.62. The van der Waals surface area contributed by atoms with Crippen LogP contribution < -0.4 is 16.2 Å². The Morgan fingerprint density at radius 2 is 1.58 bits per heavy atom. The topological polar surface area (TPSA) is 70.2 Å². The number of hydrazine groups is 1. The predicted octanol–water partition coefficient (Wildman–Crippen LogP) is 2.68. The highest BCUT2D eigenvalue weighted by atomic mass is 16.2. The second-order valence-corrected chi connectivity index (χ2v) is 7.04. The number of benzene rings is 1. The molecule has 0 aliphatic heterocycles. The quantitative estimate of drug-likeness (QED) is 0.728. The maximum absolute atomic E-state index is 12.9. The van der Waals surface area contributed by atoms with Crippen LogP contribution in [0.5, 0.6) is 0 Å². The summed E-state index contributed by atoms with van der Waals surface area (Å²) in [6.07, 6.45) is 9.32. The van der Waals surface area contributed by atoms with Gasteiger partial charge in [-0.2, -0.15) is 0 Å². The highest BCUT2D eigenvalue weighted by Crippen LogP contribution is 2.30. The average Bonchev–Trinajstić information content (AvgIpc) is 3.11. The number of hydrogen-bond donors (Lipinski definition) is 3. The summed E-state index contributed by atoms with van der Waals surface area (Å²) in [5.74, 6) is -0.160. The van der Waals surface area contributed by atoms with Crippen molar-refractivity contribution in [2.45, 2.75) is 69.4 Å². The molecular formula is C19H27N3O2. The van der Waals surface area contributed by atoms with Gasteiger partial charge < -0.3 is 5.32 Å². The van der Waals surface area contributed by atoms with Crippen molar-refractivity contribution in [3.8, 4) is 0 Å². The highest BCUT2D eigenvalue weighted by Gasteiger charge is 2.42. The molecule has 0 saturated heterocycles. The molecule has 24 heavy (non-hydrogen) atoms. The Balaban J connectivity index is 1.60. The summed E-state index contributed by atoms with van der Waals surface area (Å²) in [6, 6.07) is 9.35. The average molecular weight is 329 g/mol. The van der Waals surface area contributed by atoms with Gasteiger partial charge in [-0.05, 0) is 37.8 Å². The van der Waals surface area contributed by atoms with Crippen molar-refractivity contribution in [2.75, 3.05) is 0 Å².